The number of anilines is 1. The third-order valence-corrected chi connectivity index (χ3v) is 8.61. The standard InChI is InChI=1S/C23H32N6O4S/c1-32-17-11-29(12-17)16-10-26-22(33-13-16)20(9-24)34(25,31)28-23(30)27-21-18-6-2-4-14(18)8-15-5-3-7-19(15)21/h8-9,16-17H,2-7,10-13,24H2,1H3,(H3,25,27,28,30,31)/t16-,34?/m0/s1. The van der Waals surface area contributed by atoms with Crippen molar-refractivity contribution >= 4 is 27.5 Å². The van der Waals surface area contributed by atoms with Crippen molar-refractivity contribution in [1.82, 2.24) is 9.62 Å². The highest BCUT2D eigenvalue weighted by molar-refractivity contribution is 7.95. The molecule has 0 saturated carbocycles. The van der Waals surface area contributed by atoms with Gasteiger partial charge in [-0.3, -0.25) is 4.90 Å². The summed E-state index contributed by atoms with van der Waals surface area (Å²) < 4.78 is 34.9. The number of nitrogens with zero attached hydrogens (tertiary/aromatic N) is 2. The van der Waals surface area contributed by atoms with E-state index in [1.807, 2.05) is 0 Å². The van der Waals surface area contributed by atoms with Gasteiger partial charge >= 0.3 is 6.03 Å². The lowest BCUT2D eigenvalue weighted by Gasteiger charge is -2.43. The van der Waals surface area contributed by atoms with E-state index in [-0.39, 0.29) is 22.9 Å². The summed E-state index contributed by atoms with van der Waals surface area (Å²) in [5, 5.41) is 2.91. The third-order valence-electron chi connectivity index (χ3n) is 7.20. The molecule has 1 saturated heterocycles. The van der Waals surface area contributed by atoms with Crippen molar-refractivity contribution < 1.29 is 18.5 Å². The zero-order chi connectivity index (χ0) is 23.9. The smallest absolute Gasteiger partial charge is 0.331 e. The van der Waals surface area contributed by atoms with E-state index in [0.29, 0.717) is 13.2 Å². The quantitative estimate of drug-likeness (QED) is 0.480. The van der Waals surface area contributed by atoms with E-state index in [1.54, 1.807) is 7.11 Å². The van der Waals surface area contributed by atoms with Crippen LogP contribution in [0.1, 0.15) is 35.1 Å². The van der Waals surface area contributed by atoms with Gasteiger partial charge in [-0.25, -0.2) is 23.5 Å². The molecule has 0 radical (unpaired) electrons. The number of nitrogens with two attached hydrogens (primary N) is 1. The van der Waals surface area contributed by atoms with E-state index in [0.717, 1.165) is 74.6 Å². The van der Waals surface area contributed by atoms with Crippen LogP contribution in [0.25, 0.3) is 0 Å². The van der Waals surface area contributed by atoms with E-state index in [4.69, 9.17) is 20.0 Å². The number of carbonyl (C=O) groups is 1. The molecule has 0 aromatic heterocycles. The second-order valence-corrected chi connectivity index (χ2v) is 11.1. The zero-order valence-corrected chi connectivity index (χ0v) is 20.2. The van der Waals surface area contributed by atoms with Crippen molar-refractivity contribution in [3.63, 3.8) is 0 Å². The van der Waals surface area contributed by atoms with Crippen LogP contribution in [0.3, 0.4) is 0 Å². The average Bonchev–Trinajstić information content (AvgIpc) is 3.43. The highest BCUT2D eigenvalue weighted by Crippen LogP contribution is 2.38. The number of amides is 2. The Hall–Kier alpha value is -2.63. The lowest BCUT2D eigenvalue weighted by atomic mass is 9.99. The fourth-order valence-corrected chi connectivity index (χ4v) is 6.31. The number of aliphatic imine (C=N–C) groups is 1. The van der Waals surface area contributed by atoms with E-state index in [9.17, 15) is 9.00 Å². The average molecular weight is 489 g/mol. The minimum Gasteiger partial charge on any atom is -0.475 e. The van der Waals surface area contributed by atoms with E-state index in [1.165, 1.54) is 11.1 Å². The van der Waals surface area contributed by atoms with Gasteiger partial charge in [0, 0.05) is 32.1 Å². The van der Waals surface area contributed by atoms with Crippen LogP contribution in [0.2, 0.25) is 0 Å². The topological polar surface area (TPSA) is 142 Å². The number of urea groups is 1. The molecule has 1 aromatic carbocycles. The second-order valence-electron chi connectivity index (χ2n) is 9.30. The summed E-state index contributed by atoms with van der Waals surface area (Å²) in [4.78, 5) is 19.4. The predicted molar refractivity (Wildman–Crippen MR) is 130 cm³/mol. The molecular formula is C23H32N6O4S. The highest BCUT2D eigenvalue weighted by Gasteiger charge is 2.36. The minimum atomic E-state index is -3.78. The van der Waals surface area contributed by atoms with Gasteiger partial charge in [-0.1, -0.05) is 6.07 Å². The van der Waals surface area contributed by atoms with Gasteiger partial charge in [0.25, 0.3) is 0 Å². The maximum absolute atomic E-state index is 13.2. The van der Waals surface area contributed by atoms with Crippen LogP contribution in [0.4, 0.5) is 10.5 Å². The van der Waals surface area contributed by atoms with Crippen molar-refractivity contribution in [2.75, 3.05) is 38.7 Å². The first-order chi connectivity index (χ1) is 16.4. The van der Waals surface area contributed by atoms with Gasteiger partial charge in [-0.05, 0) is 60.8 Å². The lowest BCUT2D eigenvalue weighted by molar-refractivity contribution is -0.0590. The molecule has 0 bridgehead atoms. The molecule has 4 aliphatic rings. The number of hydrogen-bond donors (Lipinski definition) is 4. The van der Waals surface area contributed by atoms with Crippen LogP contribution in [-0.2, 0) is 45.1 Å². The first kappa shape index (κ1) is 23.1. The van der Waals surface area contributed by atoms with Gasteiger partial charge in [0.15, 0.2) is 9.92 Å². The van der Waals surface area contributed by atoms with Crippen LogP contribution < -0.4 is 15.8 Å². The number of aryl methyl sites for hydroxylation is 2. The summed E-state index contributed by atoms with van der Waals surface area (Å²) >= 11 is 0. The molecule has 184 valence electrons. The number of rotatable bonds is 6. The van der Waals surface area contributed by atoms with E-state index < -0.39 is 15.9 Å². The maximum Gasteiger partial charge on any atom is 0.331 e. The van der Waals surface area contributed by atoms with Gasteiger partial charge in [0.1, 0.15) is 11.5 Å². The summed E-state index contributed by atoms with van der Waals surface area (Å²) in [6, 6.07) is 1.68. The van der Waals surface area contributed by atoms with Crippen LogP contribution in [-0.4, -0.2) is 66.5 Å². The number of likely N-dealkylation sites (tertiary alicyclic amines) is 1. The van der Waals surface area contributed by atoms with Crippen molar-refractivity contribution in [3.8, 4) is 0 Å². The number of methoxy groups -OCH3 is 1. The predicted octanol–water partition coefficient (Wildman–Crippen LogP) is 1.68. The Bertz CT molecular complexity index is 1120. The van der Waals surface area contributed by atoms with Gasteiger partial charge in [-0.2, -0.15) is 0 Å². The Kier molecular flexibility index (Phi) is 6.26. The highest BCUT2D eigenvalue weighted by atomic mass is 32.2. The van der Waals surface area contributed by atoms with Crippen molar-refractivity contribution in [2.45, 2.75) is 50.7 Å². The summed E-state index contributed by atoms with van der Waals surface area (Å²) in [7, 11) is -2.08. The fourth-order valence-electron chi connectivity index (χ4n) is 5.33. The van der Waals surface area contributed by atoms with Crippen LogP contribution in [0, 0.1) is 4.78 Å². The summed E-state index contributed by atoms with van der Waals surface area (Å²) in [5.41, 5.74) is 11.4. The molecule has 2 amide bonds. The van der Waals surface area contributed by atoms with Crippen molar-refractivity contribution in [2.24, 2.45) is 10.7 Å². The number of ether oxygens (including phenoxy) is 2. The van der Waals surface area contributed by atoms with Gasteiger partial charge in [-0.15, -0.1) is 0 Å². The summed E-state index contributed by atoms with van der Waals surface area (Å²) in [6.07, 6.45) is 7.24. The number of nitrogens with one attached hydrogen (secondary N) is 3. The molecule has 5 N–H and O–H groups in total. The van der Waals surface area contributed by atoms with Crippen LogP contribution >= 0.6 is 0 Å². The molecule has 10 nitrogen and oxygen atoms in total. The molecule has 34 heavy (non-hydrogen) atoms. The summed E-state index contributed by atoms with van der Waals surface area (Å²) in [5.74, 6) is 0.0457. The maximum atomic E-state index is 13.2. The molecule has 5 rings (SSSR count). The van der Waals surface area contributed by atoms with Crippen molar-refractivity contribution in [1.29, 1.82) is 4.78 Å². The zero-order valence-electron chi connectivity index (χ0n) is 19.4. The Morgan fingerprint density at radius 1 is 1.26 bits per heavy atom. The molecule has 2 atom stereocenters. The third kappa shape index (κ3) is 4.27. The molecule has 2 aliphatic carbocycles. The van der Waals surface area contributed by atoms with Crippen molar-refractivity contribution in [3.05, 3.63) is 39.4 Å². The first-order valence-corrected chi connectivity index (χ1v) is 13.4. The van der Waals surface area contributed by atoms with Gasteiger partial charge in [0.2, 0.25) is 5.90 Å². The number of fused-ring (bicyclic) bond motifs is 2. The van der Waals surface area contributed by atoms with E-state index in [2.05, 4.69) is 26.0 Å². The SMILES string of the molecule is COC1CN([C@H]2CN=C(C(=CN)S(=N)(=O)NC(=O)Nc3c4c(cc5c3CCC5)CCC4)OC2)C1. The van der Waals surface area contributed by atoms with Gasteiger partial charge in [0.05, 0.1) is 18.7 Å². The molecule has 1 fully saturated rings. The second kappa shape index (κ2) is 9.20. The normalized spacial score (nSPS) is 24.3. The Labute approximate surface area is 200 Å². The molecule has 1 unspecified atom stereocenters. The number of carbonyl (C=O) groups excluding carboxylic acids is 1. The Morgan fingerprint density at radius 2 is 1.94 bits per heavy atom. The molecular weight excluding hydrogens is 456 g/mol. The molecule has 1 aromatic rings. The Morgan fingerprint density at radius 3 is 2.50 bits per heavy atom. The first-order valence-electron chi connectivity index (χ1n) is 11.8. The molecule has 0 spiro atoms. The number of benzene rings is 1. The van der Waals surface area contributed by atoms with Crippen LogP contribution in [0.15, 0.2) is 22.2 Å². The number of hydrogen-bond acceptors (Lipinski definition) is 8. The molecule has 2 aliphatic heterocycles. The molecule has 2 heterocycles. The van der Waals surface area contributed by atoms with Gasteiger partial charge < -0.3 is 20.5 Å². The minimum absolute atomic E-state index is 0.0457. The molecule has 11 heteroatoms. The Balaban J connectivity index is 1.27. The summed E-state index contributed by atoms with van der Waals surface area (Å²) in [6.45, 7) is 2.42. The lowest BCUT2D eigenvalue weighted by Crippen LogP contribution is -2.59. The largest absolute Gasteiger partial charge is 0.475 e. The van der Waals surface area contributed by atoms with Crippen LogP contribution in [0.5, 0.6) is 0 Å². The van der Waals surface area contributed by atoms with E-state index >= 15 is 0 Å². The fraction of sp³-hybridized carbons (Fsp3) is 0.565. The monoisotopic (exact) mass is 488 g/mol.